The normalized spacial score (nSPS) is 22.2. The van der Waals surface area contributed by atoms with Crippen LogP contribution in [0, 0.1) is 0 Å². The van der Waals surface area contributed by atoms with Crippen LogP contribution < -0.4 is 15.4 Å². The maximum Gasteiger partial charge on any atom is 0.254 e. The average molecular weight is 344 g/mol. The number of hydrogen-bond acceptors (Lipinski definition) is 4. The molecule has 6 heteroatoms. The zero-order valence-electron chi connectivity index (χ0n) is 14.8. The number of aliphatic hydroxyl groups is 1. The van der Waals surface area contributed by atoms with Crippen molar-refractivity contribution in [2.24, 2.45) is 0 Å². The molecule has 2 atom stereocenters. The Morgan fingerprint density at radius 3 is 2.60 bits per heavy atom. The first-order valence-electron chi connectivity index (χ1n) is 8.61. The smallest absolute Gasteiger partial charge is 0.254 e. The van der Waals surface area contributed by atoms with Gasteiger partial charge in [0.1, 0.15) is 11.9 Å². The van der Waals surface area contributed by atoms with Gasteiger partial charge in [0.25, 0.3) is 11.8 Å². The van der Waals surface area contributed by atoms with E-state index in [1.807, 2.05) is 19.9 Å². The first kappa shape index (κ1) is 17.5. The predicted molar refractivity (Wildman–Crippen MR) is 94.0 cm³/mol. The molecule has 3 rings (SSSR count). The van der Waals surface area contributed by atoms with Crippen molar-refractivity contribution in [2.75, 3.05) is 13.7 Å². The number of aliphatic hydroxyl groups excluding tert-OH is 1. The van der Waals surface area contributed by atoms with E-state index in [-0.39, 0.29) is 30.4 Å². The van der Waals surface area contributed by atoms with Crippen molar-refractivity contribution in [3.8, 4) is 5.75 Å². The average Bonchev–Trinajstić information content (AvgIpc) is 3.36. The molecule has 0 saturated heterocycles. The molecule has 0 bridgehead atoms. The highest BCUT2D eigenvalue weighted by Crippen LogP contribution is 2.45. The zero-order chi connectivity index (χ0) is 18.1. The van der Waals surface area contributed by atoms with Crippen LogP contribution in [-0.4, -0.2) is 42.7 Å². The Bertz CT molecular complexity index is 737. The number of benzene rings is 1. The number of fused-ring (bicyclic) bond motifs is 1. The second-order valence-electron chi connectivity index (χ2n) is 6.62. The lowest BCUT2D eigenvalue weighted by Crippen LogP contribution is -2.26. The molecule has 0 radical (unpaired) electrons. The molecule has 1 heterocycles. The van der Waals surface area contributed by atoms with Crippen LogP contribution in [0.25, 0.3) is 0 Å². The van der Waals surface area contributed by atoms with Crippen LogP contribution in [-0.2, 0) is 0 Å². The van der Waals surface area contributed by atoms with Gasteiger partial charge in [-0.3, -0.25) is 9.59 Å². The highest BCUT2D eigenvalue weighted by molar-refractivity contribution is 6.02. The molecule has 1 fully saturated rings. The monoisotopic (exact) mass is 344 g/mol. The summed E-state index contributed by atoms with van der Waals surface area (Å²) in [6, 6.07) is 3.59. The number of carbonyl (C=O) groups excluding carboxylic acids is 2. The van der Waals surface area contributed by atoms with Crippen LogP contribution in [0.15, 0.2) is 23.8 Å². The molecule has 2 amide bonds. The third-order valence-electron chi connectivity index (χ3n) is 4.87. The molecular formula is C19H24N2O4. The van der Waals surface area contributed by atoms with Crippen LogP contribution >= 0.6 is 0 Å². The van der Waals surface area contributed by atoms with Gasteiger partial charge in [0.2, 0.25) is 0 Å². The number of nitrogens with one attached hydrogen (secondary N) is 2. The molecule has 1 aromatic rings. The van der Waals surface area contributed by atoms with Crippen LogP contribution in [0.2, 0.25) is 0 Å². The third kappa shape index (κ3) is 3.26. The van der Waals surface area contributed by atoms with Crippen molar-refractivity contribution in [1.29, 1.82) is 0 Å². The fourth-order valence-corrected chi connectivity index (χ4v) is 3.23. The number of amides is 2. The molecule has 1 aliphatic heterocycles. The standard InChI is InChI=1S/C19H24N2O4/c1-4-10(2)16-13-7-11(18(23)21-12-5-6-12)8-14(19(24)20-3)17(13)25-15(16)9-22/h4,7-8,12,15-16,22H,5-6,9H2,1-3H3,(H,20,24)(H,21,23)/b10-4+/t15-,16+/m0/s1. The van der Waals surface area contributed by atoms with E-state index in [0.717, 1.165) is 24.0 Å². The second kappa shape index (κ2) is 6.88. The highest BCUT2D eigenvalue weighted by atomic mass is 16.5. The number of rotatable bonds is 5. The second-order valence-corrected chi connectivity index (χ2v) is 6.62. The van der Waals surface area contributed by atoms with E-state index >= 15 is 0 Å². The van der Waals surface area contributed by atoms with Gasteiger partial charge in [-0.2, -0.15) is 0 Å². The predicted octanol–water partition coefficient (Wildman–Crippen LogP) is 1.74. The van der Waals surface area contributed by atoms with E-state index in [1.165, 1.54) is 0 Å². The van der Waals surface area contributed by atoms with Crippen molar-refractivity contribution in [2.45, 2.75) is 44.8 Å². The van der Waals surface area contributed by atoms with Crippen molar-refractivity contribution in [1.82, 2.24) is 10.6 Å². The molecule has 6 nitrogen and oxygen atoms in total. The molecule has 2 aliphatic rings. The fourth-order valence-electron chi connectivity index (χ4n) is 3.23. The van der Waals surface area contributed by atoms with Gasteiger partial charge in [-0.05, 0) is 38.8 Å². The van der Waals surface area contributed by atoms with E-state index in [2.05, 4.69) is 10.6 Å². The van der Waals surface area contributed by atoms with E-state index in [0.29, 0.717) is 16.9 Å². The topological polar surface area (TPSA) is 87.7 Å². The van der Waals surface area contributed by atoms with Crippen LogP contribution in [0.1, 0.15) is 58.9 Å². The highest BCUT2D eigenvalue weighted by Gasteiger charge is 2.38. The van der Waals surface area contributed by atoms with Gasteiger partial charge in [-0.25, -0.2) is 0 Å². The first-order chi connectivity index (χ1) is 12.0. The lowest BCUT2D eigenvalue weighted by Gasteiger charge is -2.17. The summed E-state index contributed by atoms with van der Waals surface area (Å²) in [6.45, 7) is 3.72. The number of ether oxygens (including phenoxy) is 1. The lowest BCUT2D eigenvalue weighted by molar-refractivity contribution is 0.0947. The number of allylic oxidation sites excluding steroid dienone is 1. The molecule has 1 aromatic carbocycles. The van der Waals surface area contributed by atoms with Gasteiger partial charge < -0.3 is 20.5 Å². The Kier molecular flexibility index (Phi) is 4.81. The summed E-state index contributed by atoms with van der Waals surface area (Å²) < 4.78 is 5.89. The quantitative estimate of drug-likeness (QED) is 0.710. The largest absolute Gasteiger partial charge is 0.486 e. The Hall–Kier alpha value is -2.34. The SMILES string of the molecule is C/C=C(\C)[C@@H]1c2cc(C(=O)NC3CC3)cc(C(=O)NC)c2O[C@H]1CO. The van der Waals surface area contributed by atoms with Gasteiger partial charge >= 0.3 is 0 Å². The molecule has 1 aliphatic carbocycles. The summed E-state index contributed by atoms with van der Waals surface area (Å²) in [6.07, 6.45) is 3.49. The molecule has 134 valence electrons. The summed E-state index contributed by atoms with van der Waals surface area (Å²) in [5, 5.41) is 15.3. The Morgan fingerprint density at radius 1 is 1.32 bits per heavy atom. The summed E-state index contributed by atoms with van der Waals surface area (Å²) >= 11 is 0. The van der Waals surface area contributed by atoms with Crippen molar-refractivity contribution in [3.05, 3.63) is 40.5 Å². The maximum absolute atomic E-state index is 12.5. The Labute approximate surface area is 147 Å². The molecule has 1 saturated carbocycles. The van der Waals surface area contributed by atoms with Gasteiger partial charge in [-0.15, -0.1) is 0 Å². The van der Waals surface area contributed by atoms with E-state index in [9.17, 15) is 14.7 Å². The van der Waals surface area contributed by atoms with E-state index in [4.69, 9.17) is 4.74 Å². The minimum absolute atomic E-state index is 0.165. The van der Waals surface area contributed by atoms with Gasteiger partial charge in [0.15, 0.2) is 0 Å². The summed E-state index contributed by atoms with van der Waals surface area (Å²) in [5.41, 5.74) is 2.57. The molecular weight excluding hydrogens is 320 g/mol. The summed E-state index contributed by atoms with van der Waals surface area (Å²) in [5.74, 6) is -0.220. The fraction of sp³-hybridized carbons (Fsp3) is 0.474. The number of carbonyl (C=O) groups is 2. The van der Waals surface area contributed by atoms with Crippen LogP contribution in [0.5, 0.6) is 5.75 Å². The summed E-state index contributed by atoms with van der Waals surface area (Å²) in [4.78, 5) is 24.8. The molecule has 0 unspecified atom stereocenters. The Balaban J connectivity index is 2.10. The molecule has 3 N–H and O–H groups in total. The van der Waals surface area contributed by atoms with E-state index in [1.54, 1.807) is 19.2 Å². The molecule has 0 aromatic heterocycles. The Morgan fingerprint density at radius 2 is 2.04 bits per heavy atom. The zero-order valence-corrected chi connectivity index (χ0v) is 14.8. The van der Waals surface area contributed by atoms with Crippen molar-refractivity contribution in [3.63, 3.8) is 0 Å². The number of hydrogen-bond donors (Lipinski definition) is 3. The maximum atomic E-state index is 12.5. The van der Waals surface area contributed by atoms with Crippen molar-refractivity contribution >= 4 is 11.8 Å². The lowest BCUT2D eigenvalue weighted by atomic mass is 9.87. The molecule has 0 spiro atoms. The first-order valence-corrected chi connectivity index (χ1v) is 8.61. The minimum Gasteiger partial charge on any atom is -0.486 e. The third-order valence-corrected chi connectivity index (χ3v) is 4.87. The minimum atomic E-state index is -0.462. The van der Waals surface area contributed by atoms with Crippen LogP contribution in [0.3, 0.4) is 0 Å². The van der Waals surface area contributed by atoms with Gasteiger partial charge in [-0.1, -0.05) is 11.6 Å². The van der Waals surface area contributed by atoms with E-state index < -0.39 is 6.10 Å². The molecule has 25 heavy (non-hydrogen) atoms. The van der Waals surface area contributed by atoms with Crippen LogP contribution in [0.4, 0.5) is 0 Å². The van der Waals surface area contributed by atoms with Crippen molar-refractivity contribution < 1.29 is 19.4 Å². The van der Waals surface area contributed by atoms with Gasteiger partial charge in [0.05, 0.1) is 12.2 Å². The van der Waals surface area contributed by atoms with Gasteiger partial charge in [0, 0.05) is 30.1 Å². The summed E-state index contributed by atoms with van der Waals surface area (Å²) in [7, 11) is 1.54.